The van der Waals surface area contributed by atoms with E-state index in [0.717, 1.165) is 5.56 Å². The van der Waals surface area contributed by atoms with Gasteiger partial charge in [0, 0.05) is 6.42 Å². The van der Waals surface area contributed by atoms with Crippen LogP contribution in [0.5, 0.6) is 0 Å². The standard InChI is InChI=1S/C15H16N2O6/c18-12-7-6-11(14(20)21)17(12)13(19)8-16-15(22)23-9-10-4-2-1-3-5-10/h1-5,11H,6-9H2,(H,16,22)(H,20,21). The Labute approximate surface area is 132 Å². The number of carboxylic acids is 1. The fourth-order valence-corrected chi connectivity index (χ4v) is 2.24. The van der Waals surface area contributed by atoms with E-state index in [4.69, 9.17) is 9.84 Å². The molecule has 3 amide bonds. The average molecular weight is 320 g/mol. The molecule has 2 N–H and O–H groups in total. The lowest BCUT2D eigenvalue weighted by molar-refractivity contribution is -0.153. The number of alkyl carbamates (subject to hydrolysis) is 1. The molecule has 0 aromatic heterocycles. The molecule has 0 radical (unpaired) electrons. The number of aliphatic carboxylic acids is 1. The maximum absolute atomic E-state index is 11.9. The van der Waals surface area contributed by atoms with Crippen molar-refractivity contribution in [2.45, 2.75) is 25.5 Å². The highest BCUT2D eigenvalue weighted by Gasteiger charge is 2.40. The molecule has 8 nitrogen and oxygen atoms in total. The van der Waals surface area contributed by atoms with Gasteiger partial charge in [0.05, 0.1) is 0 Å². The highest BCUT2D eigenvalue weighted by molar-refractivity contribution is 6.02. The number of ether oxygens (including phenoxy) is 1. The van der Waals surface area contributed by atoms with Gasteiger partial charge in [0.1, 0.15) is 19.2 Å². The van der Waals surface area contributed by atoms with E-state index in [9.17, 15) is 19.2 Å². The molecule has 1 fully saturated rings. The Balaban J connectivity index is 1.80. The summed E-state index contributed by atoms with van der Waals surface area (Å²) in [5.41, 5.74) is 0.787. The number of rotatable bonds is 5. The van der Waals surface area contributed by atoms with E-state index in [1.54, 1.807) is 24.3 Å². The van der Waals surface area contributed by atoms with Gasteiger partial charge in [-0.2, -0.15) is 0 Å². The summed E-state index contributed by atoms with van der Waals surface area (Å²) >= 11 is 0. The van der Waals surface area contributed by atoms with Crippen molar-refractivity contribution >= 4 is 23.9 Å². The Hall–Kier alpha value is -2.90. The van der Waals surface area contributed by atoms with Crippen molar-refractivity contribution in [1.82, 2.24) is 10.2 Å². The Kier molecular flexibility index (Phi) is 5.29. The molecule has 1 aliphatic rings. The normalized spacial score (nSPS) is 17.0. The Morgan fingerprint density at radius 2 is 1.96 bits per heavy atom. The van der Waals surface area contributed by atoms with Gasteiger partial charge in [0.15, 0.2) is 0 Å². The number of carbonyl (C=O) groups excluding carboxylic acids is 3. The SMILES string of the molecule is O=C(NCC(=O)N1C(=O)CCC1C(=O)O)OCc1ccccc1. The molecule has 0 aliphatic carbocycles. The summed E-state index contributed by atoms with van der Waals surface area (Å²) in [5, 5.41) is 11.2. The molecule has 0 spiro atoms. The van der Waals surface area contributed by atoms with Crippen LogP contribution in [0.15, 0.2) is 30.3 Å². The number of benzene rings is 1. The van der Waals surface area contributed by atoms with Crippen molar-refractivity contribution in [3.8, 4) is 0 Å². The Bertz CT molecular complexity index is 616. The van der Waals surface area contributed by atoms with Gasteiger partial charge in [-0.15, -0.1) is 0 Å². The zero-order valence-electron chi connectivity index (χ0n) is 12.2. The van der Waals surface area contributed by atoms with Gasteiger partial charge in [-0.1, -0.05) is 30.3 Å². The van der Waals surface area contributed by atoms with Crippen LogP contribution in [-0.4, -0.2) is 46.5 Å². The van der Waals surface area contributed by atoms with Crippen molar-refractivity contribution in [2.75, 3.05) is 6.54 Å². The number of carbonyl (C=O) groups is 4. The van der Waals surface area contributed by atoms with E-state index in [1.807, 2.05) is 6.07 Å². The first-order valence-electron chi connectivity index (χ1n) is 7.01. The second-order valence-electron chi connectivity index (χ2n) is 4.97. The zero-order chi connectivity index (χ0) is 16.8. The lowest BCUT2D eigenvalue weighted by Gasteiger charge is -2.19. The van der Waals surface area contributed by atoms with E-state index < -0.39 is 36.5 Å². The first kappa shape index (κ1) is 16.5. The molecular weight excluding hydrogens is 304 g/mol. The fraction of sp³-hybridized carbons (Fsp3) is 0.333. The first-order chi connectivity index (χ1) is 11.0. The summed E-state index contributed by atoms with van der Waals surface area (Å²) in [6.07, 6.45) is -0.736. The van der Waals surface area contributed by atoms with Crippen LogP contribution in [0.2, 0.25) is 0 Å². The zero-order valence-corrected chi connectivity index (χ0v) is 12.2. The van der Waals surface area contributed by atoms with Crippen LogP contribution >= 0.6 is 0 Å². The van der Waals surface area contributed by atoms with Gasteiger partial charge in [0.2, 0.25) is 11.8 Å². The van der Waals surface area contributed by atoms with Crippen LogP contribution in [0.3, 0.4) is 0 Å². The minimum atomic E-state index is -1.24. The third kappa shape index (κ3) is 4.29. The fourth-order valence-electron chi connectivity index (χ4n) is 2.24. The summed E-state index contributed by atoms with van der Waals surface area (Å²) in [4.78, 5) is 46.7. The second-order valence-corrected chi connectivity index (χ2v) is 4.97. The number of imide groups is 1. The molecular formula is C15H16N2O6. The third-order valence-electron chi connectivity index (χ3n) is 3.36. The van der Waals surface area contributed by atoms with Gasteiger partial charge >= 0.3 is 12.1 Å². The van der Waals surface area contributed by atoms with E-state index >= 15 is 0 Å². The predicted molar refractivity (Wildman–Crippen MR) is 77.1 cm³/mol. The van der Waals surface area contributed by atoms with Crippen molar-refractivity contribution in [3.63, 3.8) is 0 Å². The molecule has 1 aromatic rings. The number of hydrogen-bond acceptors (Lipinski definition) is 5. The highest BCUT2D eigenvalue weighted by Crippen LogP contribution is 2.18. The Morgan fingerprint density at radius 1 is 1.26 bits per heavy atom. The highest BCUT2D eigenvalue weighted by atomic mass is 16.5. The topological polar surface area (TPSA) is 113 Å². The summed E-state index contributed by atoms with van der Waals surface area (Å²) in [7, 11) is 0. The molecule has 1 saturated heterocycles. The van der Waals surface area contributed by atoms with Crippen molar-refractivity contribution < 1.29 is 29.0 Å². The van der Waals surface area contributed by atoms with Gasteiger partial charge in [-0.3, -0.25) is 14.5 Å². The molecule has 23 heavy (non-hydrogen) atoms. The molecule has 8 heteroatoms. The van der Waals surface area contributed by atoms with E-state index in [2.05, 4.69) is 5.32 Å². The van der Waals surface area contributed by atoms with E-state index in [-0.39, 0.29) is 19.4 Å². The molecule has 122 valence electrons. The first-order valence-corrected chi connectivity index (χ1v) is 7.01. The molecule has 1 aromatic carbocycles. The van der Waals surface area contributed by atoms with Crippen molar-refractivity contribution in [3.05, 3.63) is 35.9 Å². The van der Waals surface area contributed by atoms with Crippen LogP contribution in [0.1, 0.15) is 18.4 Å². The number of hydrogen-bond donors (Lipinski definition) is 2. The molecule has 1 atom stereocenters. The van der Waals surface area contributed by atoms with Gasteiger partial charge in [-0.25, -0.2) is 9.59 Å². The summed E-state index contributed by atoms with van der Waals surface area (Å²) < 4.78 is 4.92. The van der Waals surface area contributed by atoms with Gasteiger partial charge in [-0.05, 0) is 12.0 Å². The third-order valence-corrected chi connectivity index (χ3v) is 3.36. The van der Waals surface area contributed by atoms with Crippen molar-refractivity contribution in [2.24, 2.45) is 0 Å². The van der Waals surface area contributed by atoms with E-state index in [1.165, 1.54) is 0 Å². The maximum Gasteiger partial charge on any atom is 0.407 e. The number of carboxylic acid groups (broad SMARTS) is 1. The number of amides is 3. The molecule has 1 unspecified atom stereocenters. The minimum absolute atomic E-state index is 0.00115. The molecule has 0 bridgehead atoms. The van der Waals surface area contributed by atoms with Gasteiger partial charge < -0.3 is 15.2 Å². The summed E-state index contributed by atoms with van der Waals surface area (Å²) in [6, 6.07) is 7.80. The smallest absolute Gasteiger partial charge is 0.407 e. The maximum atomic E-state index is 11.9. The molecule has 0 saturated carbocycles. The monoisotopic (exact) mass is 320 g/mol. The van der Waals surface area contributed by atoms with E-state index in [0.29, 0.717) is 4.90 Å². The summed E-state index contributed by atoms with van der Waals surface area (Å²) in [6.45, 7) is -0.454. The van der Waals surface area contributed by atoms with Crippen LogP contribution in [0.4, 0.5) is 4.79 Å². The second kappa shape index (κ2) is 7.39. The number of nitrogens with zero attached hydrogens (tertiary/aromatic N) is 1. The van der Waals surface area contributed by atoms with Gasteiger partial charge in [0.25, 0.3) is 0 Å². The average Bonchev–Trinajstić information content (AvgIpc) is 2.93. The van der Waals surface area contributed by atoms with Crippen LogP contribution in [-0.2, 0) is 25.7 Å². The summed E-state index contributed by atoms with van der Waals surface area (Å²) in [5.74, 6) is -2.56. The van der Waals surface area contributed by atoms with Crippen LogP contribution in [0.25, 0.3) is 0 Å². The Morgan fingerprint density at radius 3 is 2.61 bits per heavy atom. The predicted octanol–water partition coefficient (Wildman–Crippen LogP) is 0.515. The quantitative estimate of drug-likeness (QED) is 0.817. The largest absolute Gasteiger partial charge is 0.480 e. The molecule has 2 rings (SSSR count). The number of likely N-dealkylation sites (tertiary alicyclic amines) is 1. The lowest BCUT2D eigenvalue weighted by Crippen LogP contribution is -2.47. The van der Waals surface area contributed by atoms with Crippen LogP contribution < -0.4 is 5.32 Å². The number of nitrogens with one attached hydrogen (secondary N) is 1. The molecule has 1 aliphatic heterocycles. The minimum Gasteiger partial charge on any atom is -0.480 e. The van der Waals surface area contributed by atoms with Crippen LogP contribution in [0, 0.1) is 0 Å². The molecule has 1 heterocycles. The van der Waals surface area contributed by atoms with Crippen molar-refractivity contribution in [1.29, 1.82) is 0 Å². The lowest BCUT2D eigenvalue weighted by atomic mass is 10.2.